The van der Waals surface area contributed by atoms with Gasteiger partial charge >= 0.3 is 0 Å². The number of para-hydroxylation sites is 1. The quantitative estimate of drug-likeness (QED) is 0.887. The third kappa shape index (κ3) is 3.36. The zero-order valence-electron chi connectivity index (χ0n) is 13.0. The Morgan fingerprint density at radius 1 is 1.48 bits per heavy atom. The van der Waals surface area contributed by atoms with Gasteiger partial charge < -0.3 is 14.1 Å². The molecule has 0 aliphatic rings. The van der Waals surface area contributed by atoms with Gasteiger partial charge in [-0.05, 0) is 26.0 Å². The largest absolute Gasteiger partial charge is 0.493 e. The zero-order chi connectivity index (χ0) is 15.4. The standard InChI is InChI=1S/C16H22N2O3/c1-5-18(3)16(19)11(2)17-10-13-9-12-7-6-8-14(20-4)15(12)21-13/h6-9,11,17H,5,10H2,1-4H3. The summed E-state index contributed by atoms with van der Waals surface area (Å²) < 4.78 is 11.1. The number of likely N-dealkylation sites (N-methyl/N-ethyl adjacent to an activating group) is 1. The van der Waals surface area contributed by atoms with Crippen LogP contribution < -0.4 is 10.1 Å². The lowest BCUT2D eigenvalue weighted by atomic mass is 10.2. The van der Waals surface area contributed by atoms with Crippen LogP contribution in [0.2, 0.25) is 0 Å². The molecule has 0 saturated carbocycles. The first-order chi connectivity index (χ1) is 10.1. The molecule has 0 spiro atoms. The Hall–Kier alpha value is -2.01. The lowest BCUT2D eigenvalue weighted by Gasteiger charge is -2.20. The third-order valence-electron chi connectivity index (χ3n) is 3.58. The van der Waals surface area contributed by atoms with Crippen LogP contribution in [0.1, 0.15) is 19.6 Å². The van der Waals surface area contributed by atoms with Gasteiger partial charge in [-0.15, -0.1) is 0 Å². The van der Waals surface area contributed by atoms with E-state index in [0.717, 1.165) is 16.7 Å². The molecular formula is C16H22N2O3. The summed E-state index contributed by atoms with van der Waals surface area (Å²) in [4.78, 5) is 13.7. The number of nitrogens with one attached hydrogen (secondary N) is 1. The number of fused-ring (bicyclic) bond motifs is 1. The number of amides is 1. The van der Waals surface area contributed by atoms with Crippen molar-refractivity contribution in [3.63, 3.8) is 0 Å². The van der Waals surface area contributed by atoms with E-state index in [1.165, 1.54) is 0 Å². The van der Waals surface area contributed by atoms with Gasteiger partial charge in [-0.3, -0.25) is 10.1 Å². The second-order valence-corrected chi connectivity index (χ2v) is 5.05. The van der Waals surface area contributed by atoms with Gasteiger partial charge in [-0.1, -0.05) is 12.1 Å². The smallest absolute Gasteiger partial charge is 0.239 e. The van der Waals surface area contributed by atoms with E-state index in [0.29, 0.717) is 18.8 Å². The molecule has 0 fully saturated rings. The molecule has 1 heterocycles. The highest BCUT2D eigenvalue weighted by Crippen LogP contribution is 2.28. The van der Waals surface area contributed by atoms with Crippen LogP contribution in [-0.2, 0) is 11.3 Å². The minimum atomic E-state index is -0.245. The highest BCUT2D eigenvalue weighted by atomic mass is 16.5. The maximum absolute atomic E-state index is 12.0. The second-order valence-electron chi connectivity index (χ2n) is 5.05. The lowest BCUT2D eigenvalue weighted by molar-refractivity contribution is -0.131. The van der Waals surface area contributed by atoms with Crippen LogP contribution in [0.3, 0.4) is 0 Å². The van der Waals surface area contributed by atoms with E-state index in [9.17, 15) is 4.79 Å². The van der Waals surface area contributed by atoms with Crippen molar-refractivity contribution >= 4 is 16.9 Å². The van der Waals surface area contributed by atoms with E-state index in [1.807, 2.05) is 38.1 Å². The minimum Gasteiger partial charge on any atom is -0.493 e. The van der Waals surface area contributed by atoms with E-state index in [4.69, 9.17) is 9.15 Å². The molecular weight excluding hydrogens is 268 g/mol. The molecule has 1 amide bonds. The number of ether oxygens (including phenoxy) is 1. The van der Waals surface area contributed by atoms with Gasteiger partial charge in [0.25, 0.3) is 0 Å². The van der Waals surface area contributed by atoms with Crippen LogP contribution in [0.25, 0.3) is 11.0 Å². The van der Waals surface area contributed by atoms with E-state index in [-0.39, 0.29) is 11.9 Å². The number of carbonyl (C=O) groups excluding carboxylic acids is 1. The van der Waals surface area contributed by atoms with Crippen LogP contribution >= 0.6 is 0 Å². The van der Waals surface area contributed by atoms with Gasteiger partial charge in [-0.2, -0.15) is 0 Å². The average Bonchev–Trinajstić information content (AvgIpc) is 2.93. The van der Waals surface area contributed by atoms with E-state index >= 15 is 0 Å². The van der Waals surface area contributed by atoms with Crippen LogP contribution in [0, 0.1) is 0 Å². The number of benzene rings is 1. The van der Waals surface area contributed by atoms with Crippen molar-refractivity contribution in [2.24, 2.45) is 0 Å². The number of carbonyl (C=O) groups is 1. The summed E-state index contributed by atoms with van der Waals surface area (Å²) in [5.74, 6) is 1.58. The highest BCUT2D eigenvalue weighted by molar-refractivity contribution is 5.84. The fourth-order valence-corrected chi connectivity index (χ4v) is 2.16. The molecule has 2 rings (SSSR count). The molecule has 21 heavy (non-hydrogen) atoms. The SMILES string of the molecule is CCN(C)C(=O)C(C)NCc1cc2cccc(OC)c2o1. The molecule has 1 aromatic heterocycles. The van der Waals surface area contributed by atoms with Crippen molar-refractivity contribution in [3.8, 4) is 5.75 Å². The molecule has 0 saturated heterocycles. The Bertz CT molecular complexity index is 621. The molecule has 0 radical (unpaired) electrons. The number of hydrogen-bond donors (Lipinski definition) is 1. The predicted octanol–water partition coefficient (Wildman–Crippen LogP) is 2.40. The molecule has 5 nitrogen and oxygen atoms in total. The Morgan fingerprint density at radius 3 is 2.90 bits per heavy atom. The normalized spacial score (nSPS) is 12.4. The Morgan fingerprint density at radius 2 is 2.24 bits per heavy atom. The van der Waals surface area contributed by atoms with Crippen molar-refractivity contribution in [2.45, 2.75) is 26.4 Å². The van der Waals surface area contributed by atoms with E-state index in [2.05, 4.69) is 5.32 Å². The van der Waals surface area contributed by atoms with Gasteiger partial charge in [0, 0.05) is 19.0 Å². The maximum atomic E-state index is 12.0. The van der Waals surface area contributed by atoms with Crippen molar-refractivity contribution in [1.82, 2.24) is 10.2 Å². The third-order valence-corrected chi connectivity index (χ3v) is 3.58. The highest BCUT2D eigenvalue weighted by Gasteiger charge is 2.16. The summed E-state index contributed by atoms with van der Waals surface area (Å²) >= 11 is 0. The maximum Gasteiger partial charge on any atom is 0.239 e. The molecule has 1 unspecified atom stereocenters. The predicted molar refractivity (Wildman–Crippen MR) is 82.4 cm³/mol. The number of furan rings is 1. The molecule has 1 aromatic carbocycles. The van der Waals surface area contributed by atoms with Crippen LogP contribution in [0.15, 0.2) is 28.7 Å². The number of rotatable bonds is 6. The van der Waals surface area contributed by atoms with Gasteiger partial charge in [0.05, 0.1) is 19.7 Å². The monoisotopic (exact) mass is 290 g/mol. The Balaban J connectivity index is 2.05. The molecule has 2 aromatic rings. The summed E-state index contributed by atoms with van der Waals surface area (Å²) in [7, 11) is 3.42. The summed E-state index contributed by atoms with van der Waals surface area (Å²) in [6, 6.07) is 7.49. The van der Waals surface area contributed by atoms with Crippen molar-refractivity contribution in [2.75, 3.05) is 20.7 Å². The number of nitrogens with zero attached hydrogens (tertiary/aromatic N) is 1. The molecule has 1 atom stereocenters. The van der Waals surface area contributed by atoms with Crippen LogP contribution in [0.4, 0.5) is 0 Å². The molecule has 5 heteroatoms. The van der Waals surface area contributed by atoms with Gasteiger partial charge in [0.1, 0.15) is 5.76 Å². The van der Waals surface area contributed by atoms with Crippen LogP contribution in [0.5, 0.6) is 5.75 Å². The van der Waals surface area contributed by atoms with Gasteiger partial charge in [-0.25, -0.2) is 0 Å². The molecule has 0 aliphatic carbocycles. The first-order valence-corrected chi connectivity index (χ1v) is 7.10. The fourth-order valence-electron chi connectivity index (χ4n) is 2.16. The summed E-state index contributed by atoms with van der Waals surface area (Å²) in [5, 5.41) is 4.18. The number of hydrogen-bond acceptors (Lipinski definition) is 4. The average molecular weight is 290 g/mol. The van der Waals surface area contributed by atoms with Crippen LogP contribution in [-0.4, -0.2) is 37.6 Å². The molecule has 0 bridgehead atoms. The molecule has 0 aliphatic heterocycles. The van der Waals surface area contributed by atoms with Gasteiger partial charge in [0.2, 0.25) is 5.91 Å². The zero-order valence-corrected chi connectivity index (χ0v) is 13.0. The first-order valence-electron chi connectivity index (χ1n) is 7.10. The van der Waals surface area contributed by atoms with E-state index in [1.54, 1.807) is 19.1 Å². The summed E-state index contributed by atoms with van der Waals surface area (Å²) in [6.07, 6.45) is 0. The molecule has 1 N–H and O–H groups in total. The number of methoxy groups -OCH3 is 1. The summed E-state index contributed by atoms with van der Waals surface area (Å²) in [5.41, 5.74) is 0.737. The molecule has 114 valence electrons. The van der Waals surface area contributed by atoms with Crippen molar-refractivity contribution in [3.05, 3.63) is 30.0 Å². The topological polar surface area (TPSA) is 54.7 Å². The van der Waals surface area contributed by atoms with Crippen molar-refractivity contribution in [1.29, 1.82) is 0 Å². The fraction of sp³-hybridized carbons (Fsp3) is 0.438. The van der Waals surface area contributed by atoms with E-state index < -0.39 is 0 Å². The Kier molecular flexibility index (Phi) is 4.85. The lowest BCUT2D eigenvalue weighted by Crippen LogP contribution is -2.42. The minimum absolute atomic E-state index is 0.0752. The first kappa shape index (κ1) is 15.4. The van der Waals surface area contributed by atoms with Crippen molar-refractivity contribution < 1.29 is 13.9 Å². The second kappa shape index (κ2) is 6.63. The Labute approximate surface area is 124 Å². The summed E-state index contributed by atoms with van der Waals surface area (Å²) in [6.45, 7) is 5.02. The van der Waals surface area contributed by atoms with Gasteiger partial charge in [0.15, 0.2) is 11.3 Å².